The normalized spacial score (nSPS) is 14.1. The predicted octanol–water partition coefficient (Wildman–Crippen LogP) is 5.34. The third-order valence-electron chi connectivity index (χ3n) is 6.10. The molecule has 180 valence electrons. The first-order valence-corrected chi connectivity index (χ1v) is 11.7. The standard InChI is InChI=1S/C26H31FN4O3/c1-33-23-16-19(8-9-21(23)27)29-26-20-17-22(24(34-2)15-18(20)10-11-28-26)30-25(32)7-6-14-31-12-4-3-5-13-31/h8-11,15-17H,3-7,12-14H2,1-2H3,(H,28,29)(H,30,32). The summed E-state index contributed by atoms with van der Waals surface area (Å²) in [4.78, 5) is 19.6. The highest BCUT2D eigenvalue weighted by atomic mass is 19.1. The molecule has 1 saturated heterocycles. The largest absolute Gasteiger partial charge is 0.495 e. The molecule has 0 aliphatic carbocycles. The number of likely N-dealkylation sites (tertiary alicyclic amines) is 1. The number of pyridine rings is 1. The maximum Gasteiger partial charge on any atom is 0.224 e. The number of amides is 1. The third kappa shape index (κ3) is 5.75. The molecule has 0 atom stereocenters. The summed E-state index contributed by atoms with van der Waals surface area (Å²) in [6, 6.07) is 10.1. The van der Waals surface area contributed by atoms with Gasteiger partial charge in [-0.15, -0.1) is 0 Å². The van der Waals surface area contributed by atoms with Crippen molar-refractivity contribution >= 4 is 33.9 Å². The minimum Gasteiger partial charge on any atom is -0.495 e. The molecular weight excluding hydrogens is 435 g/mol. The Labute approximate surface area is 199 Å². The lowest BCUT2D eigenvalue weighted by molar-refractivity contribution is -0.116. The summed E-state index contributed by atoms with van der Waals surface area (Å²) < 4.78 is 24.4. The van der Waals surface area contributed by atoms with Crippen LogP contribution in [0.2, 0.25) is 0 Å². The molecule has 1 aliphatic rings. The van der Waals surface area contributed by atoms with E-state index in [9.17, 15) is 9.18 Å². The van der Waals surface area contributed by atoms with Crippen molar-refractivity contribution in [1.29, 1.82) is 0 Å². The average Bonchev–Trinajstić information content (AvgIpc) is 2.85. The molecule has 0 radical (unpaired) electrons. The van der Waals surface area contributed by atoms with E-state index in [2.05, 4.69) is 20.5 Å². The fraction of sp³-hybridized carbons (Fsp3) is 0.385. The molecule has 34 heavy (non-hydrogen) atoms. The Morgan fingerprint density at radius 2 is 1.85 bits per heavy atom. The van der Waals surface area contributed by atoms with Crippen LogP contribution >= 0.6 is 0 Å². The van der Waals surface area contributed by atoms with Crippen molar-refractivity contribution in [2.24, 2.45) is 0 Å². The van der Waals surface area contributed by atoms with Gasteiger partial charge in [-0.2, -0.15) is 0 Å². The van der Waals surface area contributed by atoms with Crippen molar-refractivity contribution < 1.29 is 18.7 Å². The SMILES string of the molecule is COc1cc(Nc2nccc3cc(OC)c(NC(=O)CCCN4CCCCC4)cc23)ccc1F. The van der Waals surface area contributed by atoms with Crippen LogP contribution in [-0.2, 0) is 4.79 Å². The Morgan fingerprint density at radius 3 is 2.62 bits per heavy atom. The van der Waals surface area contributed by atoms with Gasteiger partial charge in [0.15, 0.2) is 11.6 Å². The van der Waals surface area contributed by atoms with Gasteiger partial charge in [-0.25, -0.2) is 9.37 Å². The summed E-state index contributed by atoms with van der Waals surface area (Å²) in [5, 5.41) is 7.92. The molecule has 4 rings (SSSR count). The van der Waals surface area contributed by atoms with Crippen molar-refractivity contribution in [2.45, 2.75) is 32.1 Å². The van der Waals surface area contributed by atoms with Gasteiger partial charge in [-0.05, 0) is 74.6 Å². The van der Waals surface area contributed by atoms with Crippen molar-refractivity contribution in [1.82, 2.24) is 9.88 Å². The Hall–Kier alpha value is -3.39. The van der Waals surface area contributed by atoms with Gasteiger partial charge in [0, 0.05) is 29.8 Å². The highest BCUT2D eigenvalue weighted by Crippen LogP contribution is 2.34. The molecule has 1 fully saturated rings. The van der Waals surface area contributed by atoms with Crippen molar-refractivity contribution in [3.8, 4) is 11.5 Å². The van der Waals surface area contributed by atoms with Crippen LogP contribution < -0.4 is 20.1 Å². The van der Waals surface area contributed by atoms with E-state index in [1.54, 1.807) is 25.4 Å². The maximum absolute atomic E-state index is 13.8. The molecule has 8 heteroatoms. The van der Waals surface area contributed by atoms with Crippen LogP contribution in [0.5, 0.6) is 11.5 Å². The van der Waals surface area contributed by atoms with Crippen LogP contribution in [0, 0.1) is 5.82 Å². The first kappa shape index (κ1) is 23.8. The number of fused-ring (bicyclic) bond motifs is 1. The molecule has 1 amide bonds. The number of carbonyl (C=O) groups is 1. The Kier molecular flexibility index (Phi) is 7.80. The lowest BCUT2D eigenvalue weighted by Crippen LogP contribution is -2.31. The van der Waals surface area contributed by atoms with E-state index in [1.165, 1.54) is 32.4 Å². The van der Waals surface area contributed by atoms with Gasteiger partial charge in [0.25, 0.3) is 0 Å². The second-order valence-electron chi connectivity index (χ2n) is 8.46. The fourth-order valence-electron chi connectivity index (χ4n) is 4.30. The molecule has 0 bridgehead atoms. The number of ether oxygens (including phenoxy) is 2. The minimum atomic E-state index is -0.436. The van der Waals surface area contributed by atoms with Gasteiger partial charge in [-0.3, -0.25) is 4.79 Å². The predicted molar refractivity (Wildman–Crippen MR) is 133 cm³/mol. The molecule has 7 nitrogen and oxygen atoms in total. The van der Waals surface area contributed by atoms with Crippen LogP contribution in [0.3, 0.4) is 0 Å². The van der Waals surface area contributed by atoms with Gasteiger partial charge in [0.2, 0.25) is 5.91 Å². The van der Waals surface area contributed by atoms with E-state index in [1.807, 2.05) is 18.2 Å². The number of carbonyl (C=O) groups excluding carboxylic acids is 1. The average molecular weight is 467 g/mol. The van der Waals surface area contributed by atoms with Crippen LogP contribution in [0.4, 0.5) is 21.6 Å². The molecule has 0 saturated carbocycles. The van der Waals surface area contributed by atoms with Gasteiger partial charge in [0.05, 0.1) is 19.9 Å². The van der Waals surface area contributed by atoms with Gasteiger partial charge >= 0.3 is 0 Å². The van der Waals surface area contributed by atoms with Crippen LogP contribution in [0.15, 0.2) is 42.6 Å². The van der Waals surface area contributed by atoms with Gasteiger partial charge < -0.3 is 25.0 Å². The molecule has 2 aromatic carbocycles. The lowest BCUT2D eigenvalue weighted by atomic mass is 10.1. The Bertz CT molecular complexity index is 1150. The number of benzene rings is 2. The van der Waals surface area contributed by atoms with Crippen molar-refractivity contribution in [2.75, 3.05) is 44.5 Å². The first-order valence-electron chi connectivity index (χ1n) is 11.7. The van der Waals surface area contributed by atoms with Crippen molar-refractivity contribution in [3.63, 3.8) is 0 Å². The molecule has 0 spiro atoms. The summed E-state index contributed by atoms with van der Waals surface area (Å²) in [6.45, 7) is 3.20. The smallest absolute Gasteiger partial charge is 0.224 e. The maximum atomic E-state index is 13.8. The van der Waals surface area contributed by atoms with Gasteiger partial charge in [-0.1, -0.05) is 6.42 Å². The number of nitrogens with zero attached hydrogens (tertiary/aromatic N) is 2. The number of anilines is 3. The lowest BCUT2D eigenvalue weighted by Gasteiger charge is -2.26. The van der Waals surface area contributed by atoms with E-state index in [0.717, 1.165) is 36.8 Å². The zero-order chi connectivity index (χ0) is 23.9. The number of aromatic nitrogens is 1. The second-order valence-corrected chi connectivity index (χ2v) is 8.46. The van der Waals surface area contributed by atoms with Crippen LogP contribution in [0.25, 0.3) is 10.8 Å². The number of hydrogen-bond donors (Lipinski definition) is 2. The van der Waals surface area contributed by atoms with E-state index in [-0.39, 0.29) is 11.7 Å². The molecule has 0 unspecified atom stereocenters. The molecular formula is C26H31FN4O3. The number of rotatable bonds is 9. The van der Waals surface area contributed by atoms with Crippen molar-refractivity contribution in [3.05, 3.63) is 48.4 Å². The summed E-state index contributed by atoms with van der Waals surface area (Å²) in [6.07, 6.45) is 6.75. The fourth-order valence-corrected chi connectivity index (χ4v) is 4.30. The third-order valence-corrected chi connectivity index (χ3v) is 6.10. The number of nitrogens with one attached hydrogen (secondary N) is 2. The van der Waals surface area contributed by atoms with E-state index in [4.69, 9.17) is 9.47 Å². The number of halogens is 1. The number of piperidine rings is 1. The second kappa shape index (κ2) is 11.2. The van der Waals surface area contributed by atoms with Gasteiger partial charge in [0.1, 0.15) is 11.6 Å². The summed E-state index contributed by atoms with van der Waals surface area (Å²) >= 11 is 0. The molecule has 3 aromatic rings. The summed E-state index contributed by atoms with van der Waals surface area (Å²) in [5.41, 5.74) is 1.23. The molecule has 1 aliphatic heterocycles. The molecule has 1 aromatic heterocycles. The quantitative estimate of drug-likeness (QED) is 0.443. The highest BCUT2D eigenvalue weighted by Gasteiger charge is 2.14. The highest BCUT2D eigenvalue weighted by molar-refractivity contribution is 6.01. The zero-order valence-corrected chi connectivity index (χ0v) is 19.7. The van der Waals surface area contributed by atoms with Crippen LogP contribution in [-0.4, -0.2) is 49.6 Å². The molecule has 2 N–H and O–H groups in total. The van der Waals surface area contributed by atoms with E-state index in [0.29, 0.717) is 29.4 Å². The first-order chi connectivity index (χ1) is 16.6. The number of hydrogen-bond acceptors (Lipinski definition) is 6. The minimum absolute atomic E-state index is 0.0451. The number of methoxy groups -OCH3 is 2. The Morgan fingerprint density at radius 1 is 1.06 bits per heavy atom. The van der Waals surface area contributed by atoms with E-state index >= 15 is 0 Å². The molecule has 2 heterocycles. The zero-order valence-electron chi connectivity index (χ0n) is 19.7. The monoisotopic (exact) mass is 466 g/mol. The van der Waals surface area contributed by atoms with E-state index < -0.39 is 5.82 Å². The van der Waals surface area contributed by atoms with Crippen LogP contribution in [0.1, 0.15) is 32.1 Å². The topological polar surface area (TPSA) is 75.7 Å². The summed E-state index contributed by atoms with van der Waals surface area (Å²) in [7, 11) is 3.00. The summed E-state index contributed by atoms with van der Waals surface area (Å²) in [5.74, 6) is 0.821. The Balaban J connectivity index is 1.51.